The molecule has 0 saturated carbocycles. The Hall–Kier alpha value is -3.40. The number of rotatable bonds is 9. The highest BCUT2D eigenvalue weighted by molar-refractivity contribution is 5.83. The van der Waals surface area contributed by atoms with Crippen LogP contribution >= 0.6 is 0 Å². The fourth-order valence-corrected chi connectivity index (χ4v) is 5.36. The zero-order valence-electron chi connectivity index (χ0n) is 22.2. The van der Waals surface area contributed by atoms with E-state index in [4.69, 9.17) is 0 Å². The van der Waals surface area contributed by atoms with Crippen molar-refractivity contribution in [2.24, 2.45) is 5.92 Å². The van der Waals surface area contributed by atoms with Crippen LogP contribution in [0.2, 0.25) is 0 Å². The van der Waals surface area contributed by atoms with E-state index in [9.17, 15) is 35.5 Å². The maximum Gasteiger partial charge on any atom is 0.416 e. The number of nitrogens with zero attached hydrogens (tertiary/aromatic N) is 1. The number of amides is 1. The first-order valence-corrected chi connectivity index (χ1v) is 13.5. The molecule has 1 aliphatic heterocycles. The van der Waals surface area contributed by atoms with Crippen molar-refractivity contribution in [2.45, 2.75) is 50.5 Å². The van der Waals surface area contributed by atoms with Gasteiger partial charge >= 0.3 is 12.4 Å². The third kappa shape index (κ3) is 8.79. The number of likely N-dealkylation sites (tertiary alicyclic amines) is 1. The van der Waals surface area contributed by atoms with E-state index < -0.39 is 47.7 Å². The van der Waals surface area contributed by atoms with Gasteiger partial charge < -0.3 is 10.2 Å². The molecule has 0 bridgehead atoms. The van der Waals surface area contributed by atoms with Gasteiger partial charge in [0.05, 0.1) is 17.0 Å². The Morgan fingerprint density at radius 2 is 1.51 bits per heavy atom. The van der Waals surface area contributed by atoms with Gasteiger partial charge in [0.15, 0.2) is 0 Å². The summed E-state index contributed by atoms with van der Waals surface area (Å²) >= 11 is 0. The Labute approximate surface area is 234 Å². The van der Waals surface area contributed by atoms with E-state index in [1.54, 1.807) is 0 Å². The monoisotopic (exact) mass is 580 g/mol. The van der Waals surface area contributed by atoms with Crippen LogP contribution < -0.4 is 5.32 Å². The molecule has 1 unspecified atom stereocenters. The molecule has 220 valence electrons. The number of carbonyl (C=O) groups is 1. The van der Waals surface area contributed by atoms with Crippen molar-refractivity contribution in [1.29, 1.82) is 0 Å². The Morgan fingerprint density at radius 1 is 0.878 bits per heavy atom. The van der Waals surface area contributed by atoms with Crippen molar-refractivity contribution in [3.63, 3.8) is 0 Å². The maximum absolute atomic E-state index is 13.6. The summed E-state index contributed by atoms with van der Waals surface area (Å²) in [5.74, 6) is -1.36. The average Bonchev–Trinajstić information content (AvgIpc) is 2.92. The minimum absolute atomic E-state index is 0.0519. The van der Waals surface area contributed by atoms with E-state index in [1.807, 2.05) is 18.2 Å². The third-order valence-electron chi connectivity index (χ3n) is 7.41. The van der Waals surface area contributed by atoms with Gasteiger partial charge in [-0.3, -0.25) is 4.79 Å². The fraction of sp³-hybridized carbons (Fsp3) is 0.387. The number of halogens is 7. The molecule has 1 N–H and O–H groups in total. The summed E-state index contributed by atoms with van der Waals surface area (Å²) in [5, 5.41) is 2.51. The lowest BCUT2D eigenvalue weighted by Crippen LogP contribution is -2.38. The van der Waals surface area contributed by atoms with Crippen molar-refractivity contribution >= 4 is 5.91 Å². The van der Waals surface area contributed by atoms with Gasteiger partial charge in [-0.1, -0.05) is 42.5 Å². The molecule has 3 aromatic rings. The van der Waals surface area contributed by atoms with Crippen LogP contribution in [0, 0.1) is 11.7 Å². The van der Waals surface area contributed by atoms with Crippen molar-refractivity contribution in [2.75, 3.05) is 19.6 Å². The molecule has 0 aliphatic carbocycles. The van der Waals surface area contributed by atoms with Gasteiger partial charge in [-0.05, 0) is 91.7 Å². The summed E-state index contributed by atoms with van der Waals surface area (Å²) in [5.41, 5.74) is -1.44. The molecule has 2 atom stereocenters. The quantitative estimate of drug-likeness (QED) is 0.264. The van der Waals surface area contributed by atoms with Gasteiger partial charge in [-0.2, -0.15) is 26.3 Å². The number of piperidine rings is 1. The second kappa shape index (κ2) is 13.1. The Kier molecular flexibility index (Phi) is 9.73. The maximum atomic E-state index is 13.6. The summed E-state index contributed by atoms with van der Waals surface area (Å²) in [7, 11) is 0. The molecule has 10 heteroatoms. The summed E-state index contributed by atoms with van der Waals surface area (Å²) in [4.78, 5) is 15.5. The van der Waals surface area contributed by atoms with Crippen LogP contribution in [0.4, 0.5) is 30.7 Å². The summed E-state index contributed by atoms with van der Waals surface area (Å²) in [6.07, 6.45) is -6.58. The Balaban J connectivity index is 1.45. The van der Waals surface area contributed by atoms with Crippen LogP contribution in [0.1, 0.15) is 53.0 Å². The smallest absolute Gasteiger partial charge is 0.351 e. The molecule has 0 spiro atoms. The molecule has 1 amide bonds. The van der Waals surface area contributed by atoms with E-state index in [2.05, 4.69) is 22.3 Å². The van der Waals surface area contributed by atoms with Crippen molar-refractivity contribution < 1.29 is 35.5 Å². The highest BCUT2D eigenvalue weighted by atomic mass is 19.4. The molecule has 1 heterocycles. The first kappa shape index (κ1) is 30.6. The number of alkyl halides is 6. The van der Waals surface area contributed by atoms with Crippen LogP contribution in [-0.2, 0) is 30.1 Å². The lowest BCUT2D eigenvalue weighted by molar-refractivity contribution is -0.143. The first-order chi connectivity index (χ1) is 19.4. The van der Waals surface area contributed by atoms with Crippen LogP contribution in [0.5, 0.6) is 0 Å². The SMILES string of the molecule is O=C(NCc1cc(C(F)(F)F)cc(C(F)(F)F)c1)[C@@H](CCN1CCCC(Cc2ccccc2)C1)c1ccc(F)cc1. The second-order valence-corrected chi connectivity index (χ2v) is 10.5. The Morgan fingerprint density at radius 3 is 2.12 bits per heavy atom. The molecular weight excluding hydrogens is 549 g/mol. The highest BCUT2D eigenvalue weighted by Gasteiger charge is 2.37. The van der Waals surface area contributed by atoms with Crippen LogP contribution in [-0.4, -0.2) is 30.4 Å². The number of hydrogen-bond acceptors (Lipinski definition) is 2. The Bertz CT molecular complexity index is 1260. The predicted molar refractivity (Wildman–Crippen MR) is 141 cm³/mol. The van der Waals surface area contributed by atoms with Crippen molar-refractivity contribution in [3.05, 3.63) is 106 Å². The zero-order chi connectivity index (χ0) is 29.6. The summed E-state index contributed by atoms with van der Waals surface area (Å²) in [6.45, 7) is 1.74. The number of benzene rings is 3. The van der Waals surface area contributed by atoms with Crippen molar-refractivity contribution in [1.82, 2.24) is 10.2 Å². The van der Waals surface area contributed by atoms with Gasteiger partial charge in [0.25, 0.3) is 0 Å². The number of hydrogen-bond donors (Lipinski definition) is 1. The van der Waals surface area contributed by atoms with Crippen LogP contribution in [0.15, 0.2) is 72.8 Å². The minimum atomic E-state index is -4.98. The molecule has 0 radical (unpaired) electrons. The summed E-state index contributed by atoms with van der Waals surface area (Å²) < 4.78 is 93.1. The molecule has 4 rings (SSSR count). The minimum Gasteiger partial charge on any atom is -0.351 e. The lowest BCUT2D eigenvalue weighted by atomic mass is 9.90. The van der Waals surface area contributed by atoms with Crippen LogP contribution in [0.25, 0.3) is 0 Å². The van der Waals surface area contributed by atoms with E-state index >= 15 is 0 Å². The van der Waals surface area contributed by atoms with Gasteiger partial charge in [-0.25, -0.2) is 4.39 Å². The van der Waals surface area contributed by atoms with E-state index in [1.165, 1.54) is 29.8 Å². The average molecular weight is 581 g/mol. The van der Waals surface area contributed by atoms with Crippen LogP contribution in [0.3, 0.4) is 0 Å². The largest absolute Gasteiger partial charge is 0.416 e. The third-order valence-corrected chi connectivity index (χ3v) is 7.41. The molecule has 0 aromatic heterocycles. The predicted octanol–water partition coefficient (Wildman–Crippen LogP) is 7.61. The normalized spacial score (nSPS) is 17.3. The standard InChI is InChI=1S/C31H31F7N2O/c32-27-10-8-24(9-11-27)28(12-14-40-13-4-7-22(20-40)15-21-5-2-1-3-6-21)29(41)39-19-23-16-25(30(33,34)35)18-26(17-23)31(36,37)38/h1-3,5-6,8-11,16-18,22,28H,4,7,12-15,19-20H2,(H,39,41)/t22?,28-/m0/s1. The molecule has 1 saturated heterocycles. The zero-order valence-corrected chi connectivity index (χ0v) is 22.2. The topological polar surface area (TPSA) is 32.3 Å². The number of nitrogens with one attached hydrogen (secondary N) is 1. The van der Waals surface area contributed by atoms with Gasteiger partial charge in [0.2, 0.25) is 5.91 Å². The van der Waals surface area contributed by atoms with E-state index in [0.717, 1.165) is 32.4 Å². The molecule has 1 aliphatic rings. The van der Waals surface area contributed by atoms with Gasteiger partial charge in [0.1, 0.15) is 5.82 Å². The molecule has 41 heavy (non-hydrogen) atoms. The molecular formula is C31H31F7N2O. The number of carbonyl (C=O) groups excluding carboxylic acids is 1. The van der Waals surface area contributed by atoms with E-state index in [-0.39, 0.29) is 11.6 Å². The van der Waals surface area contributed by atoms with Gasteiger partial charge in [0, 0.05) is 13.1 Å². The second-order valence-electron chi connectivity index (χ2n) is 10.5. The first-order valence-electron chi connectivity index (χ1n) is 13.5. The highest BCUT2D eigenvalue weighted by Crippen LogP contribution is 2.36. The van der Waals surface area contributed by atoms with Crippen molar-refractivity contribution in [3.8, 4) is 0 Å². The molecule has 1 fully saturated rings. The van der Waals surface area contributed by atoms with E-state index in [0.29, 0.717) is 36.6 Å². The molecule has 3 aromatic carbocycles. The fourth-order valence-electron chi connectivity index (χ4n) is 5.36. The summed E-state index contributed by atoms with van der Waals surface area (Å²) in [6, 6.07) is 16.8. The van der Waals surface area contributed by atoms with Gasteiger partial charge in [-0.15, -0.1) is 0 Å². The lowest BCUT2D eigenvalue weighted by Gasteiger charge is -2.33. The molecule has 3 nitrogen and oxygen atoms in total.